The largest absolute Gasteiger partial charge is 0.356 e. The standard InChI is InChI=1S/C13H24N4/c1-4-11-6-5-7-17(9-11)13-12(8-14)10(2)15-16(13)3/h11H,4-9,14H2,1-3H3. The van der Waals surface area contributed by atoms with Crippen molar-refractivity contribution >= 4 is 5.82 Å². The minimum absolute atomic E-state index is 0.586. The minimum atomic E-state index is 0.586. The van der Waals surface area contributed by atoms with E-state index in [1.807, 2.05) is 18.7 Å². The van der Waals surface area contributed by atoms with E-state index < -0.39 is 0 Å². The Morgan fingerprint density at radius 3 is 2.88 bits per heavy atom. The van der Waals surface area contributed by atoms with Crippen LogP contribution in [0.5, 0.6) is 0 Å². The van der Waals surface area contributed by atoms with Crippen LogP contribution in [0.4, 0.5) is 5.82 Å². The molecule has 4 nitrogen and oxygen atoms in total. The third-order valence-electron chi connectivity index (χ3n) is 3.91. The van der Waals surface area contributed by atoms with Crippen molar-refractivity contribution in [2.75, 3.05) is 18.0 Å². The molecule has 96 valence electrons. The molecule has 4 heteroatoms. The summed E-state index contributed by atoms with van der Waals surface area (Å²) in [6, 6.07) is 0. The van der Waals surface area contributed by atoms with Gasteiger partial charge >= 0.3 is 0 Å². The van der Waals surface area contributed by atoms with E-state index >= 15 is 0 Å². The Morgan fingerprint density at radius 2 is 2.24 bits per heavy atom. The van der Waals surface area contributed by atoms with E-state index in [-0.39, 0.29) is 0 Å². The van der Waals surface area contributed by atoms with Gasteiger partial charge in [0, 0.05) is 32.2 Å². The zero-order valence-electron chi connectivity index (χ0n) is 11.2. The van der Waals surface area contributed by atoms with Crippen molar-refractivity contribution in [1.29, 1.82) is 0 Å². The number of hydrogen-bond acceptors (Lipinski definition) is 3. The predicted molar refractivity (Wildman–Crippen MR) is 71.1 cm³/mol. The highest BCUT2D eigenvalue weighted by Crippen LogP contribution is 2.28. The maximum absolute atomic E-state index is 5.86. The van der Waals surface area contributed by atoms with Crippen molar-refractivity contribution < 1.29 is 0 Å². The summed E-state index contributed by atoms with van der Waals surface area (Å²) in [6.45, 7) is 7.21. The first-order valence-electron chi connectivity index (χ1n) is 6.64. The second-order valence-corrected chi connectivity index (χ2v) is 5.08. The summed E-state index contributed by atoms with van der Waals surface area (Å²) in [5.41, 5.74) is 8.14. The number of hydrogen-bond donors (Lipinski definition) is 1. The molecule has 1 aromatic heterocycles. The fourth-order valence-electron chi connectivity index (χ4n) is 2.92. The van der Waals surface area contributed by atoms with Crippen molar-refractivity contribution in [2.45, 2.75) is 39.7 Å². The summed E-state index contributed by atoms with van der Waals surface area (Å²) >= 11 is 0. The molecule has 2 heterocycles. The fourth-order valence-corrected chi connectivity index (χ4v) is 2.92. The summed E-state index contributed by atoms with van der Waals surface area (Å²) in [7, 11) is 2.02. The number of rotatable bonds is 3. The van der Waals surface area contributed by atoms with Gasteiger partial charge in [0.25, 0.3) is 0 Å². The van der Waals surface area contributed by atoms with E-state index in [1.54, 1.807) is 0 Å². The number of piperidine rings is 1. The van der Waals surface area contributed by atoms with Crippen LogP contribution in [-0.2, 0) is 13.6 Å². The summed E-state index contributed by atoms with van der Waals surface area (Å²) < 4.78 is 2.00. The maximum Gasteiger partial charge on any atom is 0.131 e. The number of nitrogens with zero attached hydrogens (tertiary/aromatic N) is 3. The Labute approximate surface area is 104 Å². The van der Waals surface area contributed by atoms with Crippen LogP contribution in [0.3, 0.4) is 0 Å². The van der Waals surface area contributed by atoms with Gasteiger partial charge in [-0.1, -0.05) is 13.3 Å². The zero-order chi connectivity index (χ0) is 12.4. The summed E-state index contributed by atoms with van der Waals surface area (Å²) in [5, 5.41) is 4.50. The zero-order valence-corrected chi connectivity index (χ0v) is 11.2. The molecule has 1 saturated heterocycles. The van der Waals surface area contributed by atoms with E-state index in [2.05, 4.69) is 16.9 Å². The van der Waals surface area contributed by atoms with E-state index in [4.69, 9.17) is 5.73 Å². The summed E-state index contributed by atoms with van der Waals surface area (Å²) in [5.74, 6) is 2.06. The number of aromatic nitrogens is 2. The first-order valence-corrected chi connectivity index (χ1v) is 6.64. The highest BCUT2D eigenvalue weighted by Gasteiger charge is 2.24. The topological polar surface area (TPSA) is 47.1 Å². The molecule has 0 radical (unpaired) electrons. The number of nitrogens with two attached hydrogens (primary N) is 1. The van der Waals surface area contributed by atoms with Crippen molar-refractivity contribution in [3.8, 4) is 0 Å². The lowest BCUT2D eigenvalue weighted by Crippen LogP contribution is -2.37. The van der Waals surface area contributed by atoms with Gasteiger partial charge in [-0.3, -0.25) is 4.68 Å². The van der Waals surface area contributed by atoms with Crippen LogP contribution in [0.2, 0.25) is 0 Å². The van der Waals surface area contributed by atoms with Gasteiger partial charge < -0.3 is 10.6 Å². The van der Waals surface area contributed by atoms with Crippen molar-refractivity contribution in [3.05, 3.63) is 11.3 Å². The van der Waals surface area contributed by atoms with Crippen molar-refractivity contribution in [3.63, 3.8) is 0 Å². The molecule has 2 rings (SSSR count). The number of anilines is 1. The molecule has 0 amide bonds. The average Bonchev–Trinajstić information content (AvgIpc) is 2.63. The highest BCUT2D eigenvalue weighted by molar-refractivity contribution is 5.50. The van der Waals surface area contributed by atoms with Crippen molar-refractivity contribution in [2.24, 2.45) is 18.7 Å². The second kappa shape index (κ2) is 5.08. The minimum Gasteiger partial charge on any atom is -0.356 e. The fraction of sp³-hybridized carbons (Fsp3) is 0.769. The van der Waals surface area contributed by atoms with Gasteiger partial charge in [-0.05, 0) is 25.7 Å². The van der Waals surface area contributed by atoms with Crippen LogP contribution >= 0.6 is 0 Å². The van der Waals surface area contributed by atoms with Gasteiger partial charge in [0.05, 0.1) is 5.69 Å². The van der Waals surface area contributed by atoms with E-state index in [0.29, 0.717) is 6.54 Å². The third-order valence-corrected chi connectivity index (χ3v) is 3.91. The van der Waals surface area contributed by atoms with Crippen molar-refractivity contribution in [1.82, 2.24) is 9.78 Å². The molecular formula is C13H24N4. The highest BCUT2D eigenvalue weighted by atomic mass is 15.4. The molecule has 17 heavy (non-hydrogen) atoms. The monoisotopic (exact) mass is 236 g/mol. The van der Waals surface area contributed by atoms with Crippen LogP contribution in [-0.4, -0.2) is 22.9 Å². The molecule has 0 aromatic carbocycles. The van der Waals surface area contributed by atoms with Crippen LogP contribution < -0.4 is 10.6 Å². The molecule has 0 saturated carbocycles. The lowest BCUT2D eigenvalue weighted by Gasteiger charge is -2.34. The maximum atomic E-state index is 5.86. The summed E-state index contributed by atoms with van der Waals surface area (Å²) in [6.07, 6.45) is 3.92. The first-order chi connectivity index (χ1) is 8.17. The second-order valence-electron chi connectivity index (χ2n) is 5.08. The molecule has 1 aliphatic rings. The van der Waals surface area contributed by atoms with E-state index in [0.717, 1.165) is 24.7 Å². The Morgan fingerprint density at radius 1 is 1.47 bits per heavy atom. The molecule has 0 aliphatic carbocycles. The average molecular weight is 236 g/mol. The predicted octanol–water partition coefficient (Wildman–Crippen LogP) is 1.81. The molecule has 0 spiro atoms. The van der Waals surface area contributed by atoms with Crippen LogP contribution in [0.25, 0.3) is 0 Å². The van der Waals surface area contributed by atoms with Crippen LogP contribution in [0.15, 0.2) is 0 Å². The molecule has 1 fully saturated rings. The van der Waals surface area contributed by atoms with Crippen LogP contribution in [0.1, 0.15) is 37.4 Å². The van der Waals surface area contributed by atoms with Gasteiger partial charge in [-0.15, -0.1) is 0 Å². The first kappa shape index (κ1) is 12.4. The Hall–Kier alpha value is -1.03. The quantitative estimate of drug-likeness (QED) is 0.870. The lowest BCUT2D eigenvalue weighted by atomic mass is 9.95. The molecule has 0 bridgehead atoms. The molecule has 1 unspecified atom stereocenters. The Balaban J connectivity index is 2.26. The van der Waals surface area contributed by atoms with Gasteiger partial charge in [-0.2, -0.15) is 5.10 Å². The van der Waals surface area contributed by atoms with E-state index in [1.165, 1.54) is 30.6 Å². The summed E-state index contributed by atoms with van der Waals surface area (Å²) in [4.78, 5) is 2.47. The van der Waals surface area contributed by atoms with Gasteiger partial charge in [0.2, 0.25) is 0 Å². The molecule has 2 N–H and O–H groups in total. The smallest absolute Gasteiger partial charge is 0.131 e. The molecule has 1 atom stereocenters. The van der Waals surface area contributed by atoms with E-state index in [9.17, 15) is 0 Å². The SMILES string of the molecule is CCC1CCCN(c2c(CN)c(C)nn2C)C1. The molecular weight excluding hydrogens is 212 g/mol. The lowest BCUT2D eigenvalue weighted by molar-refractivity contribution is 0.399. The van der Waals surface area contributed by atoms with Gasteiger partial charge in [0.1, 0.15) is 5.82 Å². The number of aryl methyl sites for hydroxylation is 2. The molecule has 1 aliphatic heterocycles. The normalized spacial score (nSPS) is 20.9. The van der Waals surface area contributed by atoms with Gasteiger partial charge in [-0.25, -0.2) is 0 Å². The Kier molecular flexibility index (Phi) is 3.72. The van der Waals surface area contributed by atoms with Gasteiger partial charge in [0.15, 0.2) is 0 Å². The molecule has 1 aromatic rings. The van der Waals surface area contributed by atoms with Crippen LogP contribution in [0, 0.1) is 12.8 Å². The third kappa shape index (κ3) is 2.32. The Bertz CT molecular complexity index is 383.